The third kappa shape index (κ3) is 5.34. The number of halogens is 1. The Morgan fingerprint density at radius 1 is 1.07 bits per heavy atom. The molecule has 1 heterocycles. The van der Waals surface area contributed by atoms with Crippen LogP contribution in [0.15, 0.2) is 48.5 Å². The van der Waals surface area contributed by atoms with Crippen LogP contribution in [0.2, 0.25) is 0 Å². The number of para-hydroxylation sites is 4. The largest absolute Gasteiger partial charge is 1.00 e. The molecule has 0 aliphatic rings. The van der Waals surface area contributed by atoms with Crippen molar-refractivity contribution in [3.05, 3.63) is 48.5 Å². The van der Waals surface area contributed by atoms with E-state index in [4.69, 9.17) is 15.2 Å². The molecule has 6 nitrogen and oxygen atoms in total. The number of methoxy groups -OCH3 is 1. The number of aryl methyl sites for hydroxylation is 1. The van der Waals surface area contributed by atoms with E-state index in [1.807, 2.05) is 47.0 Å². The SMILES string of the molecule is CCCCCn1c(N)[n+](CC(O)COc2ccccc2OC)c2ccccc21.[Cl-]. The Labute approximate surface area is 178 Å². The van der Waals surface area contributed by atoms with Crippen molar-refractivity contribution in [1.82, 2.24) is 4.57 Å². The van der Waals surface area contributed by atoms with Crippen LogP contribution in [0.1, 0.15) is 26.2 Å². The molecule has 0 amide bonds. The van der Waals surface area contributed by atoms with E-state index in [9.17, 15) is 5.11 Å². The summed E-state index contributed by atoms with van der Waals surface area (Å²) in [5.41, 5.74) is 8.57. The van der Waals surface area contributed by atoms with E-state index >= 15 is 0 Å². The molecule has 0 fully saturated rings. The van der Waals surface area contributed by atoms with Gasteiger partial charge in [0.05, 0.1) is 13.7 Å². The number of nitrogens with two attached hydrogens (primary N) is 1. The number of nitrogens with zero attached hydrogens (tertiary/aromatic N) is 2. The Morgan fingerprint density at radius 2 is 1.76 bits per heavy atom. The Kier molecular flexibility index (Phi) is 8.61. The molecule has 1 unspecified atom stereocenters. The third-order valence-corrected chi connectivity index (χ3v) is 4.90. The number of hydrogen-bond donors (Lipinski definition) is 2. The quantitative estimate of drug-likeness (QED) is 0.362. The molecule has 0 saturated heterocycles. The summed E-state index contributed by atoms with van der Waals surface area (Å²) in [5, 5.41) is 10.6. The van der Waals surface area contributed by atoms with Gasteiger partial charge in [0.1, 0.15) is 30.3 Å². The summed E-state index contributed by atoms with van der Waals surface area (Å²) >= 11 is 0. The fourth-order valence-corrected chi connectivity index (χ4v) is 3.45. The number of aliphatic hydroxyl groups is 1. The molecule has 0 saturated carbocycles. The summed E-state index contributed by atoms with van der Waals surface area (Å²) in [6.45, 7) is 3.58. The molecule has 7 heteroatoms. The van der Waals surface area contributed by atoms with Crippen LogP contribution in [-0.2, 0) is 13.1 Å². The number of benzene rings is 2. The van der Waals surface area contributed by atoms with Gasteiger partial charge in [-0.25, -0.2) is 9.13 Å². The highest BCUT2D eigenvalue weighted by Gasteiger charge is 2.23. The molecule has 0 aliphatic heterocycles. The van der Waals surface area contributed by atoms with Gasteiger partial charge < -0.3 is 27.0 Å². The standard InChI is InChI=1S/C22H29N3O3.ClH/c1-3-4-9-14-24-18-10-5-6-11-19(18)25(22(24)23)15-17(26)16-28-21-13-8-7-12-20(21)27-2;/h5-8,10-13,17,23,26H,3-4,9,14-16H2,1-2H3;1H. The zero-order valence-corrected chi connectivity index (χ0v) is 17.8. The van der Waals surface area contributed by atoms with Gasteiger partial charge in [-0.05, 0) is 30.7 Å². The topological polar surface area (TPSA) is 73.5 Å². The Morgan fingerprint density at radius 3 is 2.48 bits per heavy atom. The lowest BCUT2D eigenvalue weighted by atomic mass is 10.2. The van der Waals surface area contributed by atoms with Gasteiger partial charge in [-0.2, -0.15) is 0 Å². The average Bonchev–Trinajstić information content (AvgIpc) is 2.98. The second-order valence-electron chi connectivity index (χ2n) is 6.93. The van der Waals surface area contributed by atoms with Crippen LogP contribution in [-0.4, -0.2) is 29.5 Å². The average molecular weight is 420 g/mol. The Balaban J connectivity index is 0.00000300. The van der Waals surface area contributed by atoms with Crippen molar-refractivity contribution in [2.75, 3.05) is 19.5 Å². The van der Waals surface area contributed by atoms with Gasteiger partial charge >= 0.3 is 5.95 Å². The first-order valence-corrected chi connectivity index (χ1v) is 9.86. The number of aromatic nitrogens is 2. The third-order valence-electron chi connectivity index (χ3n) is 4.90. The summed E-state index contributed by atoms with van der Waals surface area (Å²) in [6.07, 6.45) is 2.71. The first-order chi connectivity index (χ1) is 13.7. The molecule has 0 aliphatic carbocycles. The van der Waals surface area contributed by atoms with Crippen molar-refractivity contribution < 1.29 is 31.6 Å². The summed E-state index contributed by atoms with van der Waals surface area (Å²) in [6, 6.07) is 15.5. The van der Waals surface area contributed by atoms with Crippen molar-refractivity contribution in [2.24, 2.45) is 0 Å². The first kappa shape index (κ1) is 22.8. The number of fused-ring (bicyclic) bond motifs is 1. The van der Waals surface area contributed by atoms with E-state index in [-0.39, 0.29) is 19.0 Å². The molecular formula is C22H30ClN3O3. The lowest BCUT2D eigenvalue weighted by Gasteiger charge is -2.14. The second-order valence-corrected chi connectivity index (χ2v) is 6.93. The zero-order valence-electron chi connectivity index (χ0n) is 17.1. The number of aliphatic hydroxyl groups excluding tert-OH is 1. The maximum absolute atomic E-state index is 10.6. The number of hydrogen-bond acceptors (Lipinski definition) is 4. The highest BCUT2D eigenvalue weighted by atomic mass is 35.5. The van der Waals surface area contributed by atoms with E-state index in [1.165, 1.54) is 6.42 Å². The fraction of sp³-hybridized carbons (Fsp3) is 0.409. The van der Waals surface area contributed by atoms with Gasteiger partial charge in [-0.15, -0.1) is 0 Å². The van der Waals surface area contributed by atoms with Gasteiger partial charge in [0, 0.05) is 0 Å². The molecule has 2 aromatic carbocycles. The Hall–Kier alpha value is -2.44. The molecule has 0 bridgehead atoms. The summed E-state index contributed by atoms with van der Waals surface area (Å²) < 4.78 is 15.2. The highest BCUT2D eigenvalue weighted by Crippen LogP contribution is 2.26. The van der Waals surface area contributed by atoms with E-state index < -0.39 is 6.10 Å². The van der Waals surface area contributed by atoms with E-state index in [0.717, 1.165) is 30.4 Å². The van der Waals surface area contributed by atoms with Crippen molar-refractivity contribution >= 4 is 17.0 Å². The molecule has 3 aromatic rings. The van der Waals surface area contributed by atoms with Crippen molar-refractivity contribution in [3.8, 4) is 11.5 Å². The van der Waals surface area contributed by atoms with Crippen LogP contribution < -0.4 is 32.2 Å². The van der Waals surface area contributed by atoms with Crippen molar-refractivity contribution in [3.63, 3.8) is 0 Å². The van der Waals surface area contributed by atoms with Crippen LogP contribution in [0.25, 0.3) is 11.0 Å². The van der Waals surface area contributed by atoms with Crippen LogP contribution in [0, 0.1) is 0 Å². The van der Waals surface area contributed by atoms with Gasteiger partial charge in [0.15, 0.2) is 11.5 Å². The van der Waals surface area contributed by atoms with Gasteiger partial charge in [0.25, 0.3) is 0 Å². The van der Waals surface area contributed by atoms with Crippen LogP contribution >= 0.6 is 0 Å². The maximum atomic E-state index is 10.6. The minimum absolute atomic E-state index is 0. The molecular weight excluding hydrogens is 390 g/mol. The molecule has 0 radical (unpaired) electrons. The molecule has 0 spiro atoms. The van der Waals surface area contributed by atoms with Crippen LogP contribution in [0.5, 0.6) is 11.5 Å². The number of anilines is 1. The number of ether oxygens (including phenoxy) is 2. The second kappa shape index (κ2) is 10.9. The first-order valence-electron chi connectivity index (χ1n) is 9.86. The zero-order chi connectivity index (χ0) is 19.9. The molecule has 29 heavy (non-hydrogen) atoms. The molecule has 1 atom stereocenters. The number of rotatable bonds is 10. The van der Waals surface area contributed by atoms with Gasteiger partial charge in [-0.3, -0.25) is 5.73 Å². The fourth-order valence-electron chi connectivity index (χ4n) is 3.45. The number of nitrogen functional groups attached to an aromatic ring is 1. The smallest absolute Gasteiger partial charge is 0.356 e. The van der Waals surface area contributed by atoms with Crippen molar-refractivity contribution in [1.29, 1.82) is 0 Å². The van der Waals surface area contributed by atoms with Crippen molar-refractivity contribution in [2.45, 2.75) is 45.4 Å². The lowest BCUT2D eigenvalue weighted by Crippen LogP contribution is -3.00. The number of unbranched alkanes of at least 4 members (excludes halogenated alkanes) is 2. The maximum Gasteiger partial charge on any atom is 0.356 e. The van der Waals surface area contributed by atoms with E-state index in [0.29, 0.717) is 24.0 Å². The minimum atomic E-state index is -0.702. The minimum Gasteiger partial charge on any atom is -1.00 e. The summed E-state index contributed by atoms with van der Waals surface area (Å²) in [4.78, 5) is 0. The van der Waals surface area contributed by atoms with Gasteiger partial charge in [0.2, 0.25) is 0 Å². The normalized spacial score (nSPS) is 11.8. The summed E-state index contributed by atoms with van der Waals surface area (Å²) in [7, 11) is 1.60. The van der Waals surface area contributed by atoms with Gasteiger partial charge in [-0.1, -0.05) is 44.0 Å². The highest BCUT2D eigenvalue weighted by molar-refractivity contribution is 5.73. The predicted octanol–water partition coefficient (Wildman–Crippen LogP) is 0.154. The summed E-state index contributed by atoms with van der Waals surface area (Å²) in [5.74, 6) is 1.92. The molecule has 3 rings (SSSR count). The monoisotopic (exact) mass is 419 g/mol. The lowest BCUT2D eigenvalue weighted by molar-refractivity contribution is -0.665. The number of imidazole rings is 1. The molecule has 3 N–H and O–H groups in total. The predicted molar refractivity (Wildman–Crippen MR) is 111 cm³/mol. The Bertz CT molecular complexity index is 913. The molecule has 158 valence electrons. The van der Waals surface area contributed by atoms with E-state index in [1.54, 1.807) is 7.11 Å². The van der Waals surface area contributed by atoms with Crippen LogP contribution in [0.4, 0.5) is 5.95 Å². The van der Waals surface area contributed by atoms with E-state index in [2.05, 4.69) is 17.6 Å². The molecule has 1 aromatic heterocycles. The van der Waals surface area contributed by atoms with Crippen LogP contribution in [0.3, 0.4) is 0 Å².